The van der Waals surface area contributed by atoms with Gasteiger partial charge in [-0.25, -0.2) is 0 Å². The molecule has 3 rings (SSSR count). The van der Waals surface area contributed by atoms with Gasteiger partial charge >= 0.3 is 0 Å². The molecule has 1 saturated heterocycles. The largest absolute Gasteiger partial charge is 0.492 e. The Labute approximate surface area is 153 Å². The second-order valence-electron chi connectivity index (χ2n) is 6.32. The van der Waals surface area contributed by atoms with Crippen molar-refractivity contribution in [2.75, 3.05) is 18.1 Å². The van der Waals surface area contributed by atoms with Gasteiger partial charge in [-0.05, 0) is 37.6 Å². The summed E-state index contributed by atoms with van der Waals surface area (Å²) in [5.41, 5.74) is 1.65. The molecule has 2 aromatic rings. The maximum Gasteiger partial charge on any atom is 0.227 e. The Hall–Kier alpha value is -2.89. The van der Waals surface area contributed by atoms with Crippen molar-refractivity contribution in [3.05, 3.63) is 54.4 Å². The van der Waals surface area contributed by atoms with Crippen molar-refractivity contribution in [1.82, 2.24) is 10.3 Å². The lowest BCUT2D eigenvalue weighted by atomic mass is 10.1. The molecule has 0 spiro atoms. The molecule has 0 bridgehead atoms. The number of rotatable bonds is 6. The first-order valence-corrected chi connectivity index (χ1v) is 8.82. The molecule has 136 valence electrons. The summed E-state index contributed by atoms with van der Waals surface area (Å²) in [5, 5.41) is 2.98. The maximum absolute atomic E-state index is 12.6. The third-order valence-electron chi connectivity index (χ3n) is 4.49. The molecule has 0 aliphatic carbocycles. The molecule has 1 aliphatic heterocycles. The molecule has 2 unspecified atom stereocenters. The Morgan fingerprint density at radius 2 is 2.15 bits per heavy atom. The number of carbonyl (C=O) groups excluding carboxylic acids is 2. The van der Waals surface area contributed by atoms with Crippen molar-refractivity contribution in [2.24, 2.45) is 5.92 Å². The quantitative estimate of drug-likeness (QED) is 0.867. The first kappa shape index (κ1) is 17.9. The average molecular weight is 353 g/mol. The van der Waals surface area contributed by atoms with Gasteiger partial charge in [0.1, 0.15) is 5.75 Å². The first-order valence-electron chi connectivity index (χ1n) is 8.82. The number of nitrogens with one attached hydrogen (secondary N) is 1. The van der Waals surface area contributed by atoms with Gasteiger partial charge in [0.25, 0.3) is 0 Å². The summed E-state index contributed by atoms with van der Waals surface area (Å²) < 4.78 is 5.61. The van der Waals surface area contributed by atoms with Crippen molar-refractivity contribution < 1.29 is 14.3 Å². The van der Waals surface area contributed by atoms with E-state index in [1.807, 2.05) is 50.2 Å². The summed E-state index contributed by atoms with van der Waals surface area (Å²) in [7, 11) is 0. The van der Waals surface area contributed by atoms with Gasteiger partial charge in [-0.3, -0.25) is 14.6 Å². The zero-order chi connectivity index (χ0) is 18.5. The third-order valence-corrected chi connectivity index (χ3v) is 4.49. The molecule has 0 radical (unpaired) electrons. The highest BCUT2D eigenvalue weighted by molar-refractivity contribution is 6.01. The van der Waals surface area contributed by atoms with Gasteiger partial charge in [-0.2, -0.15) is 0 Å². The van der Waals surface area contributed by atoms with E-state index in [1.54, 1.807) is 17.3 Å². The number of ether oxygens (including phenoxy) is 1. The summed E-state index contributed by atoms with van der Waals surface area (Å²) in [6, 6.07) is 11.0. The van der Waals surface area contributed by atoms with E-state index in [4.69, 9.17) is 4.74 Å². The Morgan fingerprint density at radius 1 is 1.35 bits per heavy atom. The molecule has 2 atom stereocenters. The molecule has 1 N–H and O–H groups in total. The van der Waals surface area contributed by atoms with Crippen molar-refractivity contribution in [3.8, 4) is 5.75 Å². The monoisotopic (exact) mass is 353 g/mol. The highest BCUT2D eigenvalue weighted by Crippen LogP contribution is 2.33. The average Bonchev–Trinajstić information content (AvgIpc) is 3.05. The number of carbonyl (C=O) groups is 2. The van der Waals surface area contributed by atoms with Crippen molar-refractivity contribution in [2.45, 2.75) is 26.3 Å². The number of para-hydroxylation sites is 2. The van der Waals surface area contributed by atoms with Crippen LogP contribution in [0.4, 0.5) is 5.69 Å². The zero-order valence-electron chi connectivity index (χ0n) is 15.0. The molecule has 1 aromatic heterocycles. The number of hydrogen-bond donors (Lipinski definition) is 1. The Kier molecular flexibility index (Phi) is 5.51. The molecule has 1 fully saturated rings. The van der Waals surface area contributed by atoms with Crippen LogP contribution in [0.25, 0.3) is 0 Å². The fraction of sp³-hybridized carbons (Fsp3) is 0.350. The summed E-state index contributed by atoms with van der Waals surface area (Å²) in [4.78, 5) is 30.8. The van der Waals surface area contributed by atoms with E-state index in [-0.39, 0.29) is 30.2 Å². The number of amides is 2. The molecule has 0 saturated carbocycles. The second kappa shape index (κ2) is 7.99. The predicted octanol–water partition coefficient (Wildman–Crippen LogP) is 2.71. The molecule has 1 aliphatic rings. The number of benzene rings is 1. The van der Waals surface area contributed by atoms with Gasteiger partial charge in [0, 0.05) is 25.4 Å². The van der Waals surface area contributed by atoms with Gasteiger partial charge in [0.05, 0.1) is 24.3 Å². The van der Waals surface area contributed by atoms with E-state index in [0.29, 0.717) is 18.9 Å². The van der Waals surface area contributed by atoms with E-state index in [1.165, 1.54) is 0 Å². The standard InChI is InChI=1S/C20H23N3O3/c1-3-26-18-9-5-4-8-17(18)23-13-16(11-19(23)24)20(25)22-14(2)15-7-6-10-21-12-15/h4-10,12,14,16H,3,11,13H2,1-2H3,(H,22,25). The summed E-state index contributed by atoms with van der Waals surface area (Å²) >= 11 is 0. The smallest absolute Gasteiger partial charge is 0.227 e. The number of pyridine rings is 1. The van der Waals surface area contributed by atoms with Crippen LogP contribution in [-0.4, -0.2) is 29.9 Å². The highest BCUT2D eigenvalue weighted by atomic mass is 16.5. The molecular formula is C20H23N3O3. The van der Waals surface area contributed by atoms with Gasteiger partial charge in [-0.15, -0.1) is 0 Å². The van der Waals surface area contributed by atoms with Crippen molar-refractivity contribution >= 4 is 17.5 Å². The minimum atomic E-state index is -0.378. The van der Waals surface area contributed by atoms with Gasteiger partial charge in [0.15, 0.2) is 0 Å². The van der Waals surface area contributed by atoms with Crippen molar-refractivity contribution in [3.63, 3.8) is 0 Å². The van der Waals surface area contributed by atoms with E-state index >= 15 is 0 Å². The highest BCUT2D eigenvalue weighted by Gasteiger charge is 2.36. The van der Waals surface area contributed by atoms with Crippen LogP contribution >= 0.6 is 0 Å². The normalized spacial score (nSPS) is 17.8. The fourth-order valence-electron chi connectivity index (χ4n) is 3.12. The summed E-state index contributed by atoms with van der Waals surface area (Å²) in [6.07, 6.45) is 3.63. The Bertz CT molecular complexity index is 779. The summed E-state index contributed by atoms with van der Waals surface area (Å²) in [6.45, 7) is 4.69. The molecule has 2 heterocycles. The topological polar surface area (TPSA) is 71.5 Å². The van der Waals surface area contributed by atoms with Crippen LogP contribution in [0, 0.1) is 5.92 Å². The molecule has 6 nitrogen and oxygen atoms in total. The van der Waals surface area contributed by atoms with Crippen LogP contribution in [-0.2, 0) is 9.59 Å². The third kappa shape index (κ3) is 3.85. The number of aromatic nitrogens is 1. The molecule has 6 heteroatoms. The molecule has 2 amide bonds. The van der Waals surface area contributed by atoms with E-state index < -0.39 is 0 Å². The minimum Gasteiger partial charge on any atom is -0.492 e. The predicted molar refractivity (Wildman–Crippen MR) is 98.9 cm³/mol. The van der Waals surface area contributed by atoms with Crippen LogP contribution in [0.3, 0.4) is 0 Å². The zero-order valence-corrected chi connectivity index (χ0v) is 15.0. The Balaban J connectivity index is 1.69. The maximum atomic E-state index is 12.6. The van der Waals surface area contributed by atoms with Crippen LogP contribution in [0.5, 0.6) is 5.75 Å². The lowest BCUT2D eigenvalue weighted by molar-refractivity contribution is -0.126. The van der Waals surface area contributed by atoms with Crippen LogP contribution in [0.1, 0.15) is 31.9 Å². The van der Waals surface area contributed by atoms with Crippen LogP contribution < -0.4 is 15.0 Å². The van der Waals surface area contributed by atoms with Crippen LogP contribution in [0.15, 0.2) is 48.8 Å². The SMILES string of the molecule is CCOc1ccccc1N1CC(C(=O)NC(C)c2cccnc2)CC1=O. The van der Waals surface area contributed by atoms with Crippen molar-refractivity contribution in [1.29, 1.82) is 0 Å². The lowest BCUT2D eigenvalue weighted by Crippen LogP contribution is -2.34. The molecular weight excluding hydrogens is 330 g/mol. The first-order chi connectivity index (χ1) is 12.6. The molecule has 26 heavy (non-hydrogen) atoms. The van der Waals surface area contributed by atoms with Gasteiger partial charge in [-0.1, -0.05) is 18.2 Å². The van der Waals surface area contributed by atoms with Crippen LogP contribution in [0.2, 0.25) is 0 Å². The minimum absolute atomic E-state index is 0.0636. The molecule has 1 aromatic carbocycles. The van der Waals surface area contributed by atoms with Gasteiger partial charge < -0.3 is 15.0 Å². The fourth-order valence-corrected chi connectivity index (χ4v) is 3.12. The number of anilines is 1. The summed E-state index contributed by atoms with van der Waals surface area (Å²) in [5.74, 6) is 0.0990. The van der Waals surface area contributed by atoms with E-state index in [2.05, 4.69) is 10.3 Å². The van der Waals surface area contributed by atoms with E-state index in [9.17, 15) is 9.59 Å². The lowest BCUT2D eigenvalue weighted by Gasteiger charge is -2.20. The Morgan fingerprint density at radius 3 is 2.88 bits per heavy atom. The van der Waals surface area contributed by atoms with E-state index in [0.717, 1.165) is 11.3 Å². The van der Waals surface area contributed by atoms with Gasteiger partial charge in [0.2, 0.25) is 11.8 Å². The number of hydrogen-bond acceptors (Lipinski definition) is 4. The number of nitrogens with zero attached hydrogens (tertiary/aromatic N) is 2. The second-order valence-corrected chi connectivity index (χ2v) is 6.32.